The molecule has 1 atom stereocenters. The van der Waals surface area contributed by atoms with Gasteiger partial charge in [0.1, 0.15) is 23.4 Å². The highest BCUT2D eigenvalue weighted by Crippen LogP contribution is 2.25. The third kappa shape index (κ3) is 3.64. The van der Waals surface area contributed by atoms with Crippen molar-refractivity contribution in [3.8, 4) is 11.5 Å². The zero-order valence-electron chi connectivity index (χ0n) is 10.3. The molecule has 0 radical (unpaired) electrons. The van der Waals surface area contributed by atoms with Crippen molar-refractivity contribution in [1.29, 1.82) is 5.41 Å². The molecule has 0 aromatic heterocycles. The Morgan fingerprint density at radius 1 is 1.41 bits per heavy atom. The quantitative estimate of drug-likeness (QED) is 0.580. The van der Waals surface area contributed by atoms with Crippen LogP contribution in [-0.2, 0) is 4.74 Å². The van der Waals surface area contributed by atoms with Crippen molar-refractivity contribution >= 4 is 5.84 Å². The first-order chi connectivity index (χ1) is 8.08. The van der Waals surface area contributed by atoms with Crippen LogP contribution < -0.4 is 15.2 Å². The Bertz CT molecular complexity index is 393. The molecule has 0 saturated carbocycles. The smallest absolute Gasteiger partial charge is 0.134 e. The summed E-state index contributed by atoms with van der Waals surface area (Å²) in [6, 6.07) is 5.16. The van der Waals surface area contributed by atoms with E-state index in [0.717, 1.165) is 0 Å². The van der Waals surface area contributed by atoms with Gasteiger partial charge in [-0.2, -0.15) is 0 Å². The van der Waals surface area contributed by atoms with Crippen molar-refractivity contribution in [1.82, 2.24) is 0 Å². The lowest BCUT2D eigenvalue weighted by Crippen LogP contribution is -2.21. The highest BCUT2D eigenvalue weighted by atomic mass is 16.5. The van der Waals surface area contributed by atoms with Gasteiger partial charge in [-0.15, -0.1) is 0 Å². The van der Waals surface area contributed by atoms with Gasteiger partial charge in [0, 0.05) is 13.2 Å². The molecule has 5 heteroatoms. The number of hydrogen-bond donors (Lipinski definition) is 2. The fourth-order valence-electron chi connectivity index (χ4n) is 1.44. The number of nitrogens with two attached hydrogens (primary N) is 1. The van der Waals surface area contributed by atoms with Crippen LogP contribution in [0.25, 0.3) is 0 Å². The highest BCUT2D eigenvalue weighted by molar-refractivity contribution is 5.97. The number of nitrogens with one attached hydrogen (secondary N) is 1. The zero-order chi connectivity index (χ0) is 12.8. The molecule has 1 rings (SSSR count). The molecule has 1 aromatic carbocycles. The van der Waals surface area contributed by atoms with E-state index in [-0.39, 0.29) is 11.9 Å². The number of nitrogen functional groups attached to an aromatic ring is 1. The second-order valence-electron chi connectivity index (χ2n) is 3.66. The lowest BCUT2D eigenvalue weighted by molar-refractivity contribution is 0.0918. The van der Waals surface area contributed by atoms with E-state index in [0.29, 0.717) is 23.7 Å². The maximum Gasteiger partial charge on any atom is 0.134 e. The number of rotatable bonds is 6. The molecule has 1 unspecified atom stereocenters. The third-order valence-electron chi connectivity index (χ3n) is 2.21. The number of ether oxygens (including phenoxy) is 3. The topological polar surface area (TPSA) is 77.6 Å². The van der Waals surface area contributed by atoms with Gasteiger partial charge in [-0.1, -0.05) is 0 Å². The summed E-state index contributed by atoms with van der Waals surface area (Å²) in [7, 11) is 3.18. The van der Waals surface area contributed by atoms with E-state index >= 15 is 0 Å². The normalized spacial score (nSPS) is 11.9. The minimum atomic E-state index is -0.120. The Labute approximate surface area is 101 Å². The summed E-state index contributed by atoms with van der Waals surface area (Å²) in [6.45, 7) is 2.35. The largest absolute Gasteiger partial charge is 0.497 e. The lowest BCUT2D eigenvalue weighted by atomic mass is 10.1. The molecule has 0 saturated heterocycles. The van der Waals surface area contributed by atoms with Crippen LogP contribution in [0.15, 0.2) is 18.2 Å². The van der Waals surface area contributed by atoms with E-state index in [2.05, 4.69) is 0 Å². The second-order valence-corrected chi connectivity index (χ2v) is 3.66. The van der Waals surface area contributed by atoms with Crippen molar-refractivity contribution in [2.24, 2.45) is 5.73 Å². The molecule has 1 aromatic rings. The number of amidine groups is 1. The maximum atomic E-state index is 7.48. The van der Waals surface area contributed by atoms with E-state index in [1.54, 1.807) is 32.4 Å². The summed E-state index contributed by atoms with van der Waals surface area (Å²) in [5.41, 5.74) is 6.04. The van der Waals surface area contributed by atoms with Crippen LogP contribution in [0.2, 0.25) is 0 Å². The van der Waals surface area contributed by atoms with Gasteiger partial charge < -0.3 is 19.9 Å². The summed E-state index contributed by atoms with van der Waals surface area (Å²) < 4.78 is 15.8. The molecule has 0 bridgehead atoms. The van der Waals surface area contributed by atoms with Gasteiger partial charge in [-0.05, 0) is 19.1 Å². The first-order valence-electron chi connectivity index (χ1n) is 5.26. The van der Waals surface area contributed by atoms with Gasteiger partial charge in [0.2, 0.25) is 0 Å². The minimum Gasteiger partial charge on any atom is -0.497 e. The van der Waals surface area contributed by atoms with Gasteiger partial charge in [-0.25, -0.2) is 0 Å². The molecule has 0 spiro atoms. The molecule has 0 aliphatic heterocycles. The van der Waals surface area contributed by atoms with Gasteiger partial charge in [0.05, 0.1) is 19.3 Å². The number of benzene rings is 1. The fourth-order valence-corrected chi connectivity index (χ4v) is 1.44. The molecule has 17 heavy (non-hydrogen) atoms. The Kier molecular flexibility index (Phi) is 4.78. The molecular weight excluding hydrogens is 220 g/mol. The Morgan fingerprint density at radius 2 is 2.12 bits per heavy atom. The van der Waals surface area contributed by atoms with E-state index in [1.165, 1.54) is 0 Å². The van der Waals surface area contributed by atoms with Crippen LogP contribution in [-0.4, -0.2) is 32.8 Å². The van der Waals surface area contributed by atoms with E-state index < -0.39 is 0 Å². The van der Waals surface area contributed by atoms with Crippen LogP contribution in [0.5, 0.6) is 11.5 Å². The summed E-state index contributed by atoms with van der Waals surface area (Å²) in [6.07, 6.45) is -0.120. The lowest BCUT2D eigenvalue weighted by Gasteiger charge is -2.17. The van der Waals surface area contributed by atoms with Crippen molar-refractivity contribution in [3.63, 3.8) is 0 Å². The molecule has 5 nitrogen and oxygen atoms in total. The van der Waals surface area contributed by atoms with Gasteiger partial charge in [0.15, 0.2) is 0 Å². The molecule has 0 amide bonds. The molecule has 0 heterocycles. The molecule has 3 N–H and O–H groups in total. The van der Waals surface area contributed by atoms with Gasteiger partial charge in [-0.3, -0.25) is 5.41 Å². The highest BCUT2D eigenvalue weighted by Gasteiger charge is 2.11. The molecule has 0 fully saturated rings. The standard InChI is InChI=1S/C12H18N2O3/c1-8(7-15-2)17-11-6-9(16-3)4-5-10(11)12(13)14/h4-6,8H,7H2,1-3H3,(H3,13,14). The average Bonchev–Trinajstić information content (AvgIpc) is 2.28. The predicted molar refractivity (Wildman–Crippen MR) is 66.0 cm³/mol. The first-order valence-corrected chi connectivity index (χ1v) is 5.26. The van der Waals surface area contributed by atoms with E-state index in [1.807, 2.05) is 6.92 Å². The molecular formula is C12H18N2O3. The van der Waals surface area contributed by atoms with Crippen LogP contribution in [0.1, 0.15) is 12.5 Å². The minimum absolute atomic E-state index is 0.0349. The predicted octanol–water partition coefficient (Wildman–Crippen LogP) is 1.39. The first kappa shape index (κ1) is 13.3. The van der Waals surface area contributed by atoms with E-state index in [4.69, 9.17) is 25.4 Å². The van der Waals surface area contributed by atoms with Gasteiger partial charge in [0.25, 0.3) is 0 Å². The second kappa shape index (κ2) is 6.10. The fraction of sp³-hybridized carbons (Fsp3) is 0.417. The van der Waals surface area contributed by atoms with Gasteiger partial charge >= 0.3 is 0 Å². The summed E-state index contributed by atoms with van der Waals surface area (Å²) in [4.78, 5) is 0. The average molecular weight is 238 g/mol. The summed E-state index contributed by atoms with van der Waals surface area (Å²) >= 11 is 0. The summed E-state index contributed by atoms with van der Waals surface area (Å²) in [5.74, 6) is 1.16. The van der Waals surface area contributed by atoms with Crippen molar-refractivity contribution in [2.45, 2.75) is 13.0 Å². The maximum absolute atomic E-state index is 7.48. The van der Waals surface area contributed by atoms with Crippen LogP contribution >= 0.6 is 0 Å². The van der Waals surface area contributed by atoms with Crippen molar-refractivity contribution in [3.05, 3.63) is 23.8 Å². The van der Waals surface area contributed by atoms with Crippen LogP contribution in [0, 0.1) is 5.41 Å². The number of hydrogen-bond acceptors (Lipinski definition) is 4. The Balaban J connectivity index is 2.96. The van der Waals surface area contributed by atoms with Crippen molar-refractivity contribution < 1.29 is 14.2 Å². The van der Waals surface area contributed by atoms with Crippen LogP contribution in [0.4, 0.5) is 0 Å². The summed E-state index contributed by atoms with van der Waals surface area (Å²) in [5, 5.41) is 7.48. The van der Waals surface area contributed by atoms with Crippen molar-refractivity contribution in [2.75, 3.05) is 20.8 Å². The van der Waals surface area contributed by atoms with Crippen LogP contribution in [0.3, 0.4) is 0 Å². The molecule has 94 valence electrons. The monoisotopic (exact) mass is 238 g/mol. The third-order valence-corrected chi connectivity index (χ3v) is 2.21. The Morgan fingerprint density at radius 3 is 2.65 bits per heavy atom. The SMILES string of the molecule is COCC(C)Oc1cc(OC)ccc1C(=N)N. The molecule has 0 aliphatic rings. The molecule has 0 aliphatic carbocycles. The number of methoxy groups -OCH3 is 2. The van der Waals surface area contributed by atoms with E-state index in [9.17, 15) is 0 Å². The Hall–Kier alpha value is -1.75. The zero-order valence-corrected chi connectivity index (χ0v) is 10.3.